The van der Waals surface area contributed by atoms with Crippen LogP contribution in [-0.4, -0.2) is 26.0 Å². The number of anilines is 1. The summed E-state index contributed by atoms with van der Waals surface area (Å²) < 4.78 is 24.7. The summed E-state index contributed by atoms with van der Waals surface area (Å²) in [5, 5.41) is 2.94. The zero-order valence-electron chi connectivity index (χ0n) is 14.3. The predicted octanol–water partition coefficient (Wildman–Crippen LogP) is 2.38. The molecule has 8 heteroatoms. The maximum absolute atomic E-state index is 12.3. The van der Waals surface area contributed by atoms with Gasteiger partial charge in [-0.25, -0.2) is 8.42 Å². The lowest BCUT2D eigenvalue weighted by Gasteiger charge is -2.18. The van der Waals surface area contributed by atoms with Crippen molar-refractivity contribution in [2.75, 3.05) is 11.1 Å². The molecule has 0 spiro atoms. The molecule has 0 radical (unpaired) electrons. The fraction of sp³-hybridized carbons (Fsp3) is 0.333. The molecular weight excluding hydrogens is 372 g/mol. The van der Waals surface area contributed by atoms with E-state index in [4.69, 9.17) is 5.73 Å². The standard InChI is InChI=1S/C18H20N2O4S2/c1-11-7-8-13-14(9-11)25-18(16(13)17(19)22)20-15(21)10-26(23,24)12-5-3-2-4-6-12/h2-6,11H,7-10H2,1H3,(H2,19,22)(H,20,21). The average molecular weight is 393 g/mol. The smallest absolute Gasteiger partial charge is 0.251 e. The Morgan fingerprint density at radius 3 is 2.62 bits per heavy atom. The van der Waals surface area contributed by atoms with Crippen molar-refractivity contribution in [3.8, 4) is 0 Å². The number of hydrogen-bond acceptors (Lipinski definition) is 5. The Bertz CT molecular complexity index is 949. The third kappa shape index (κ3) is 3.81. The number of carbonyl (C=O) groups is 2. The first-order valence-corrected chi connectivity index (χ1v) is 10.8. The number of sulfone groups is 1. The Hall–Kier alpha value is -2.19. The van der Waals surface area contributed by atoms with Crippen LogP contribution in [0, 0.1) is 5.92 Å². The van der Waals surface area contributed by atoms with Crippen LogP contribution in [0.3, 0.4) is 0 Å². The highest BCUT2D eigenvalue weighted by Gasteiger charge is 2.28. The molecule has 138 valence electrons. The number of thiophene rings is 1. The van der Waals surface area contributed by atoms with E-state index in [2.05, 4.69) is 12.2 Å². The third-order valence-corrected chi connectivity index (χ3v) is 7.24. The minimum absolute atomic E-state index is 0.0876. The van der Waals surface area contributed by atoms with E-state index in [0.29, 0.717) is 16.5 Å². The number of carbonyl (C=O) groups excluding carboxylic acids is 2. The minimum Gasteiger partial charge on any atom is -0.365 e. The summed E-state index contributed by atoms with van der Waals surface area (Å²) >= 11 is 1.32. The molecular formula is C18H20N2O4S2. The number of rotatable bonds is 5. The average Bonchev–Trinajstić information content (AvgIpc) is 2.91. The normalized spacial score (nSPS) is 16.7. The zero-order valence-corrected chi connectivity index (χ0v) is 16.0. The van der Waals surface area contributed by atoms with Gasteiger partial charge in [0.1, 0.15) is 10.8 Å². The molecule has 0 fully saturated rings. The number of nitrogens with two attached hydrogens (primary N) is 1. The number of primary amides is 1. The van der Waals surface area contributed by atoms with Gasteiger partial charge in [-0.15, -0.1) is 11.3 Å². The highest BCUT2D eigenvalue weighted by atomic mass is 32.2. The summed E-state index contributed by atoms with van der Waals surface area (Å²) in [4.78, 5) is 25.3. The zero-order chi connectivity index (χ0) is 18.9. The Morgan fingerprint density at radius 1 is 1.27 bits per heavy atom. The summed E-state index contributed by atoms with van der Waals surface area (Å²) in [5.41, 5.74) is 6.72. The summed E-state index contributed by atoms with van der Waals surface area (Å²) in [6.07, 6.45) is 2.53. The van der Waals surface area contributed by atoms with E-state index in [9.17, 15) is 18.0 Å². The van der Waals surface area contributed by atoms with Gasteiger partial charge in [0.2, 0.25) is 5.91 Å². The molecule has 0 bridgehead atoms. The summed E-state index contributed by atoms with van der Waals surface area (Å²) in [5.74, 6) is -1.46. The van der Waals surface area contributed by atoms with E-state index in [-0.39, 0.29) is 4.90 Å². The van der Waals surface area contributed by atoms with E-state index in [0.717, 1.165) is 29.7 Å². The first kappa shape index (κ1) is 18.6. The SMILES string of the molecule is CC1CCc2c(sc(NC(=O)CS(=O)(=O)c3ccccc3)c2C(N)=O)C1. The fourth-order valence-electron chi connectivity index (χ4n) is 3.15. The number of benzene rings is 1. The highest BCUT2D eigenvalue weighted by Crippen LogP contribution is 2.39. The number of nitrogens with one attached hydrogen (secondary N) is 1. The van der Waals surface area contributed by atoms with Crippen molar-refractivity contribution < 1.29 is 18.0 Å². The van der Waals surface area contributed by atoms with Gasteiger partial charge in [-0.1, -0.05) is 25.1 Å². The van der Waals surface area contributed by atoms with Crippen LogP contribution in [-0.2, 0) is 27.5 Å². The second-order valence-electron chi connectivity index (χ2n) is 6.54. The van der Waals surface area contributed by atoms with Crippen molar-refractivity contribution >= 4 is 38.0 Å². The molecule has 0 saturated carbocycles. The molecule has 3 rings (SSSR count). The van der Waals surface area contributed by atoms with Crippen LogP contribution < -0.4 is 11.1 Å². The molecule has 1 unspecified atom stereocenters. The Morgan fingerprint density at radius 2 is 1.96 bits per heavy atom. The van der Waals surface area contributed by atoms with Crippen molar-refractivity contribution in [1.29, 1.82) is 0 Å². The van der Waals surface area contributed by atoms with E-state index in [1.165, 1.54) is 23.5 Å². The molecule has 3 N–H and O–H groups in total. The number of amides is 2. The quantitative estimate of drug-likeness (QED) is 0.815. The van der Waals surface area contributed by atoms with Gasteiger partial charge in [-0.3, -0.25) is 9.59 Å². The van der Waals surface area contributed by atoms with E-state index >= 15 is 0 Å². The lowest BCUT2D eigenvalue weighted by atomic mass is 9.88. The molecule has 0 saturated heterocycles. The van der Waals surface area contributed by atoms with Crippen LogP contribution in [0.5, 0.6) is 0 Å². The first-order valence-electron chi connectivity index (χ1n) is 8.30. The second kappa shape index (κ2) is 7.20. The van der Waals surface area contributed by atoms with Gasteiger partial charge in [0.15, 0.2) is 9.84 Å². The molecule has 0 aliphatic heterocycles. The van der Waals surface area contributed by atoms with Crippen molar-refractivity contribution in [3.63, 3.8) is 0 Å². The molecule has 1 aliphatic carbocycles. The third-order valence-electron chi connectivity index (χ3n) is 4.43. The minimum atomic E-state index is -3.75. The molecule has 1 aromatic heterocycles. The Balaban J connectivity index is 1.83. The molecule has 1 aliphatic rings. The van der Waals surface area contributed by atoms with Crippen LogP contribution in [0.25, 0.3) is 0 Å². The molecule has 26 heavy (non-hydrogen) atoms. The maximum Gasteiger partial charge on any atom is 0.251 e. The van der Waals surface area contributed by atoms with Crippen molar-refractivity contribution in [1.82, 2.24) is 0 Å². The van der Waals surface area contributed by atoms with Crippen LogP contribution >= 0.6 is 11.3 Å². The largest absolute Gasteiger partial charge is 0.365 e. The van der Waals surface area contributed by atoms with Gasteiger partial charge in [0.25, 0.3) is 5.91 Å². The summed E-state index contributed by atoms with van der Waals surface area (Å²) in [6, 6.07) is 7.80. The van der Waals surface area contributed by atoms with Gasteiger partial charge >= 0.3 is 0 Å². The Kier molecular flexibility index (Phi) is 5.15. The fourth-order valence-corrected chi connectivity index (χ4v) is 5.73. The summed E-state index contributed by atoms with van der Waals surface area (Å²) in [7, 11) is -3.75. The molecule has 1 atom stereocenters. The molecule has 1 aromatic carbocycles. The molecule has 1 heterocycles. The lowest BCUT2D eigenvalue weighted by molar-refractivity contribution is -0.113. The maximum atomic E-state index is 12.3. The van der Waals surface area contributed by atoms with E-state index in [1.807, 2.05) is 0 Å². The Labute approximate surface area is 156 Å². The van der Waals surface area contributed by atoms with Crippen molar-refractivity contribution in [3.05, 3.63) is 46.3 Å². The lowest BCUT2D eigenvalue weighted by Crippen LogP contribution is -2.24. The van der Waals surface area contributed by atoms with Crippen LogP contribution in [0.4, 0.5) is 5.00 Å². The van der Waals surface area contributed by atoms with Crippen LogP contribution in [0.2, 0.25) is 0 Å². The molecule has 6 nitrogen and oxygen atoms in total. The predicted molar refractivity (Wildman–Crippen MR) is 101 cm³/mol. The van der Waals surface area contributed by atoms with Crippen LogP contribution in [0.15, 0.2) is 35.2 Å². The van der Waals surface area contributed by atoms with Crippen molar-refractivity contribution in [2.45, 2.75) is 31.1 Å². The number of fused-ring (bicyclic) bond motifs is 1. The van der Waals surface area contributed by atoms with Gasteiger partial charge in [-0.2, -0.15) is 0 Å². The van der Waals surface area contributed by atoms with Crippen LogP contribution in [0.1, 0.15) is 34.1 Å². The van der Waals surface area contributed by atoms with Gasteiger partial charge in [-0.05, 0) is 42.9 Å². The van der Waals surface area contributed by atoms with Crippen molar-refractivity contribution in [2.24, 2.45) is 11.7 Å². The first-order chi connectivity index (χ1) is 12.3. The molecule has 2 amide bonds. The second-order valence-corrected chi connectivity index (χ2v) is 9.64. The van der Waals surface area contributed by atoms with E-state index in [1.54, 1.807) is 18.2 Å². The monoisotopic (exact) mass is 392 g/mol. The van der Waals surface area contributed by atoms with Gasteiger partial charge < -0.3 is 11.1 Å². The highest BCUT2D eigenvalue weighted by molar-refractivity contribution is 7.92. The van der Waals surface area contributed by atoms with Gasteiger partial charge in [0.05, 0.1) is 10.5 Å². The number of hydrogen-bond donors (Lipinski definition) is 2. The topological polar surface area (TPSA) is 106 Å². The van der Waals surface area contributed by atoms with E-state index < -0.39 is 27.4 Å². The van der Waals surface area contributed by atoms with Gasteiger partial charge in [0, 0.05) is 4.88 Å². The summed E-state index contributed by atoms with van der Waals surface area (Å²) in [6.45, 7) is 2.14. The molecule has 2 aromatic rings.